The van der Waals surface area contributed by atoms with Crippen LogP contribution >= 0.6 is 15.9 Å². The Morgan fingerprint density at radius 1 is 1.37 bits per heavy atom. The number of rotatable bonds is 3. The molecular weight excluding hydrogens is 300 g/mol. The first-order valence-corrected chi connectivity index (χ1v) is 8.05. The minimum Gasteiger partial charge on any atom is -0.307 e. The zero-order valence-electron chi connectivity index (χ0n) is 12.0. The van der Waals surface area contributed by atoms with Crippen molar-refractivity contribution in [1.82, 2.24) is 10.3 Å². The van der Waals surface area contributed by atoms with Gasteiger partial charge in [-0.05, 0) is 64.1 Å². The van der Waals surface area contributed by atoms with Gasteiger partial charge in [0.1, 0.15) is 0 Å². The van der Waals surface area contributed by atoms with Gasteiger partial charge in [-0.1, -0.05) is 20.8 Å². The molecule has 3 atom stereocenters. The van der Waals surface area contributed by atoms with Gasteiger partial charge in [-0.25, -0.2) is 0 Å². The summed E-state index contributed by atoms with van der Waals surface area (Å²) in [6.07, 6.45) is 6.07. The Balaban J connectivity index is 1.71. The molecule has 2 saturated carbocycles. The summed E-state index contributed by atoms with van der Waals surface area (Å²) in [5.41, 5.74) is 2.04. The quantitative estimate of drug-likeness (QED) is 0.904. The highest BCUT2D eigenvalue weighted by Gasteiger charge is 2.58. The topological polar surface area (TPSA) is 24.9 Å². The average molecular weight is 323 g/mol. The van der Waals surface area contributed by atoms with Crippen LogP contribution in [0, 0.1) is 16.7 Å². The fourth-order valence-corrected chi connectivity index (χ4v) is 4.76. The van der Waals surface area contributed by atoms with Gasteiger partial charge in [0, 0.05) is 23.3 Å². The summed E-state index contributed by atoms with van der Waals surface area (Å²) in [7, 11) is 0. The molecule has 104 valence electrons. The lowest BCUT2D eigenvalue weighted by Gasteiger charge is -2.43. The molecule has 2 fully saturated rings. The van der Waals surface area contributed by atoms with Crippen LogP contribution in [0.1, 0.15) is 45.7 Å². The average Bonchev–Trinajstić information content (AvgIpc) is 2.82. The van der Waals surface area contributed by atoms with Crippen LogP contribution in [0.25, 0.3) is 0 Å². The second kappa shape index (κ2) is 4.56. The molecule has 0 radical (unpaired) electrons. The van der Waals surface area contributed by atoms with E-state index < -0.39 is 0 Å². The normalized spacial score (nSPS) is 35.8. The molecule has 1 aromatic rings. The Morgan fingerprint density at radius 3 is 2.74 bits per heavy atom. The smallest absolute Gasteiger partial charge is 0.0542 e. The zero-order chi connectivity index (χ0) is 13.7. The lowest BCUT2D eigenvalue weighted by molar-refractivity contribution is 0.107. The zero-order valence-corrected chi connectivity index (χ0v) is 13.6. The number of halogens is 1. The molecule has 2 aliphatic rings. The monoisotopic (exact) mass is 322 g/mol. The van der Waals surface area contributed by atoms with E-state index in [1.54, 1.807) is 0 Å². The first-order chi connectivity index (χ1) is 8.92. The minimum absolute atomic E-state index is 0.419. The lowest BCUT2D eigenvalue weighted by atomic mass is 9.68. The van der Waals surface area contributed by atoms with Crippen LogP contribution in [0.4, 0.5) is 0 Å². The van der Waals surface area contributed by atoms with Crippen molar-refractivity contribution in [2.45, 2.75) is 52.6 Å². The Hall–Kier alpha value is -0.410. The number of fused-ring (bicyclic) bond motifs is 2. The van der Waals surface area contributed by atoms with Crippen molar-refractivity contribution in [1.29, 1.82) is 0 Å². The van der Waals surface area contributed by atoms with Gasteiger partial charge in [0.25, 0.3) is 0 Å². The molecule has 2 bridgehead atoms. The number of hydrogen-bond acceptors (Lipinski definition) is 2. The van der Waals surface area contributed by atoms with Gasteiger partial charge >= 0.3 is 0 Å². The maximum atomic E-state index is 4.46. The highest BCUT2D eigenvalue weighted by atomic mass is 79.9. The van der Waals surface area contributed by atoms with E-state index in [1.807, 2.05) is 6.20 Å². The Bertz CT molecular complexity index is 463. The third kappa shape index (κ3) is 2.25. The second-order valence-electron chi connectivity index (χ2n) is 7.20. The van der Waals surface area contributed by atoms with E-state index >= 15 is 0 Å². The van der Waals surface area contributed by atoms with Gasteiger partial charge in [0.05, 0.1) is 5.69 Å². The van der Waals surface area contributed by atoms with E-state index in [0.717, 1.165) is 22.6 Å². The summed E-state index contributed by atoms with van der Waals surface area (Å²) in [5, 5.41) is 3.80. The summed E-state index contributed by atoms with van der Waals surface area (Å²) >= 11 is 3.43. The van der Waals surface area contributed by atoms with Crippen LogP contribution in [-0.4, -0.2) is 11.0 Å². The predicted octanol–water partition coefficient (Wildman–Crippen LogP) is 4.15. The molecule has 1 aromatic heterocycles. The molecule has 2 aliphatic carbocycles. The molecule has 3 rings (SSSR count). The van der Waals surface area contributed by atoms with Gasteiger partial charge < -0.3 is 5.32 Å². The first-order valence-electron chi connectivity index (χ1n) is 7.26. The summed E-state index contributed by atoms with van der Waals surface area (Å²) in [4.78, 5) is 4.46. The molecule has 3 unspecified atom stereocenters. The fourth-order valence-electron chi connectivity index (χ4n) is 4.53. The van der Waals surface area contributed by atoms with Crippen LogP contribution in [0.5, 0.6) is 0 Å². The molecule has 3 heteroatoms. The molecule has 0 aromatic carbocycles. The van der Waals surface area contributed by atoms with E-state index in [9.17, 15) is 0 Å². The fraction of sp³-hybridized carbons (Fsp3) is 0.688. The Morgan fingerprint density at radius 2 is 2.16 bits per heavy atom. The van der Waals surface area contributed by atoms with E-state index in [1.165, 1.54) is 19.3 Å². The number of hydrogen-bond donors (Lipinski definition) is 1. The van der Waals surface area contributed by atoms with Crippen LogP contribution in [0.15, 0.2) is 22.8 Å². The van der Waals surface area contributed by atoms with Gasteiger partial charge in [-0.2, -0.15) is 0 Å². The van der Waals surface area contributed by atoms with Crippen molar-refractivity contribution >= 4 is 15.9 Å². The van der Waals surface area contributed by atoms with Crippen molar-refractivity contribution in [3.63, 3.8) is 0 Å². The summed E-state index contributed by atoms with van der Waals surface area (Å²) in [6.45, 7) is 8.22. The summed E-state index contributed by atoms with van der Waals surface area (Å²) in [5.74, 6) is 0.896. The van der Waals surface area contributed by atoms with Crippen LogP contribution < -0.4 is 5.32 Å². The molecule has 0 amide bonds. The lowest BCUT2D eigenvalue weighted by Crippen LogP contribution is -2.50. The van der Waals surface area contributed by atoms with Crippen molar-refractivity contribution < 1.29 is 0 Å². The number of nitrogens with one attached hydrogen (secondary N) is 1. The number of aromatic nitrogens is 1. The van der Waals surface area contributed by atoms with E-state index in [4.69, 9.17) is 0 Å². The predicted molar refractivity (Wildman–Crippen MR) is 81.8 cm³/mol. The van der Waals surface area contributed by atoms with Gasteiger partial charge in [-0.15, -0.1) is 0 Å². The molecule has 0 spiro atoms. The molecular formula is C16H23BrN2. The molecule has 19 heavy (non-hydrogen) atoms. The van der Waals surface area contributed by atoms with Gasteiger partial charge in [0.2, 0.25) is 0 Å². The number of pyridine rings is 1. The summed E-state index contributed by atoms with van der Waals surface area (Å²) < 4.78 is 1.04. The maximum absolute atomic E-state index is 4.46. The minimum atomic E-state index is 0.419. The van der Waals surface area contributed by atoms with Crippen molar-refractivity contribution in [2.75, 3.05) is 0 Å². The van der Waals surface area contributed by atoms with Gasteiger partial charge in [-0.3, -0.25) is 4.98 Å². The molecule has 0 saturated heterocycles. The molecule has 1 heterocycles. The SMILES string of the molecule is CC12CCC(C1)C(C)(C)C2NCc1ccc(Br)cn1. The largest absolute Gasteiger partial charge is 0.307 e. The summed E-state index contributed by atoms with van der Waals surface area (Å²) in [6, 6.07) is 4.78. The van der Waals surface area contributed by atoms with Crippen molar-refractivity contribution in [3.05, 3.63) is 28.5 Å². The third-order valence-corrected chi connectivity index (χ3v) is 6.01. The van der Waals surface area contributed by atoms with Crippen LogP contribution in [-0.2, 0) is 6.54 Å². The highest BCUT2D eigenvalue weighted by Crippen LogP contribution is 2.62. The van der Waals surface area contributed by atoms with E-state index in [-0.39, 0.29) is 0 Å². The standard InChI is InChI=1S/C16H23BrN2/c1-15(2)11-6-7-16(3,8-11)14(15)19-10-13-5-4-12(17)9-18-13/h4-5,9,11,14,19H,6-8,10H2,1-3H3. The first kappa shape index (κ1) is 13.6. The van der Waals surface area contributed by atoms with Crippen molar-refractivity contribution in [2.24, 2.45) is 16.7 Å². The third-order valence-electron chi connectivity index (χ3n) is 5.55. The second-order valence-corrected chi connectivity index (χ2v) is 8.11. The molecule has 1 N–H and O–H groups in total. The van der Waals surface area contributed by atoms with E-state index in [2.05, 4.69) is 59.1 Å². The van der Waals surface area contributed by atoms with E-state index in [0.29, 0.717) is 16.9 Å². The maximum Gasteiger partial charge on any atom is 0.0542 e. The molecule has 2 nitrogen and oxygen atoms in total. The highest BCUT2D eigenvalue weighted by molar-refractivity contribution is 9.10. The molecule has 0 aliphatic heterocycles. The van der Waals surface area contributed by atoms with Gasteiger partial charge in [0.15, 0.2) is 0 Å². The van der Waals surface area contributed by atoms with Crippen molar-refractivity contribution in [3.8, 4) is 0 Å². The van der Waals surface area contributed by atoms with Crippen LogP contribution in [0.3, 0.4) is 0 Å². The van der Waals surface area contributed by atoms with Crippen LogP contribution in [0.2, 0.25) is 0 Å². The Kier molecular flexibility index (Phi) is 3.25. The number of nitrogens with zero attached hydrogens (tertiary/aromatic N) is 1. The Labute approximate surface area is 124 Å².